The van der Waals surface area contributed by atoms with E-state index in [1.165, 1.54) is 11.8 Å². The van der Waals surface area contributed by atoms with Crippen LogP contribution in [0.25, 0.3) is 11.0 Å². The molecule has 0 aliphatic carbocycles. The van der Waals surface area contributed by atoms with Crippen molar-refractivity contribution in [1.29, 1.82) is 0 Å². The number of thioether (sulfide) groups is 1. The lowest BCUT2D eigenvalue weighted by Crippen LogP contribution is -2.56. The average molecular weight is 573 g/mol. The van der Waals surface area contributed by atoms with E-state index in [4.69, 9.17) is 11.6 Å². The fraction of sp³-hybridized carbons (Fsp3) is 0.500. The summed E-state index contributed by atoms with van der Waals surface area (Å²) in [5, 5.41) is 3.62. The molecule has 0 spiro atoms. The van der Waals surface area contributed by atoms with Crippen LogP contribution in [-0.2, 0) is 4.79 Å². The number of nitrogens with one attached hydrogen (secondary N) is 2. The molecule has 1 atom stereocenters. The number of anilines is 1. The standard InChI is InChI=1S/C26H33ClN8O3S/c1-3-28-25(37)34-13-12-33(15-17(34)2)22-14-21(27)30-24(31-22)39-16-23(36)32-10-8-18(9-11-32)35-20-7-5-4-6-19(20)29-26(35)38/h4-7,14,17-18H,3,8-13,15-16H2,1-2H3,(H,28,37)(H,29,38). The first-order valence-corrected chi connectivity index (χ1v) is 14.6. The van der Waals surface area contributed by atoms with E-state index in [1.54, 1.807) is 6.07 Å². The number of hydrogen-bond acceptors (Lipinski definition) is 7. The Labute approximate surface area is 235 Å². The summed E-state index contributed by atoms with van der Waals surface area (Å²) in [7, 11) is 0. The summed E-state index contributed by atoms with van der Waals surface area (Å²) in [6.45, 7) is 7.52. The maximum atomic E-state index is 13.0. The summed E-state index contributed by atoms with van der Waals surface area (Å²) < 4.78 is 1.82. The lowest BCUT2D eigenvalue weighted by molar-refractivity contribution is -0.129. The van der Waals surface area contributed by atoms with Crippen LogP contribution in [0.1, 0.15) is 32.7 Å². The van der Waals surface area contributed by atoms with Crippen molar-refractivity contribution in [2.45, 2.75) is 43.9 Å². The van der Waals surface area contributed by atoms with Gasteiger partial charge in [0.1, 0.15) is 11.0 Å². The van der Waals surface area contributed by atoms with Crippen molar-refractivity contribution in [3.63, 3.8) is 0 Å². The minimum Gasteiger partial charge on any atom is -0.353 e. The highest BCUT2D eigenvalue weighted by Gasteiger charge is 2.29. The second-order valence-corrected chi connectivity index (χ2v) is 11.2. The maximum Gasteiger partial charge on any atom is 0.326 e. The summed E-state index contributed by atoms with van der Waals surface area (Å²) in [6, 6.07) is 9.42. The molecular weight excluding hydrogens is 540 g/mol. The number of piperazine rings is 1. The normalized spacial score (nSPS) is 18.5. The van der Waals surface area contributed by atoms with Crippen LogP contribution < -0.4 is 15.9 Å². The fourth-order valence-corrected chi connectivity index (χ4v) is 6.34. The summed E-state index contributed by atoms with van der Waals surface area (Å²) in [5.74, 6) is 0.912. The maximum absolute atomic E-state index is 13.0. The number of carbonyl (C=O) groups is 2. The zero-order valence-electron chi connectivity index (χ0n) is 22.1. The molecule has 2 aliphatic rings. The number of piperidine rings is 1. The van der Waals surface area contributed by atoms with Crippen molar-refractivity contribution >= 4 is 52.2 Å². The van der Waals surface area contributed by atoms with Crippen molar-refractivity contribution in [3.8, 4) is 0 Å². The number of benzene rings is 1. The zero-order chi connectivity index (χ0) is 27.5. The molecule has 0 saturated carbocycles. The van der Waals surface area contributed by atoms with Crippen LogP contribution in [0.2, 0.25) is 5.15 Å². The number of carbonyl (C=O) groups excluding carboxylic acids is 2. The molecule has 1 aromatic carbocycles. The van der Waals surface area contributed by atoms with Gasteiger partial charge in [-0.25, -0.2) is 19.6 Å². The molecule has 2 N–H and O–H groups in total. The number of rotatable bonds is 6. The minimum absolute atomic E-state index is 0.0130. The van der Waals surface area contributed by atoms with Gasteiger partial charge in [0, 0.05) is 57.4 Å². The quantitative estimate of drug-likeness (QED) is 0.265. The van der Waals surface area contributed by atoms with Gasteiger partial charge in [-0.3, -0.25) is 9.36 Å². The Bertz CT molecular complexity index is 1400. The van der Waals surface area contributed by atoms with Gasteiger partial charge in [-0.05, 0) is 38.8 Å². The number of aromatic nitrogens is 4. The van der Waals surface area contributed by atoms with Crippen LogP contribution in [0, 0.1) is 0 Å². The molecule has 3 aromatic rings. The molecule has 39 heavy (non-hydrogen) atoms. The topological polar surface area (TPSA) is 119 Å². The molecule has 3 amide bonds. The largest absolute Gasteiger partial charge is 0.353 e. The molecular formula is C26H33ClN8O3S. The summed E-state index contributed by atoms with van der Waals surface area (Å²) in [6.07, 6.45) is 1.44. The van der Waals surface area contributed by atoms with Gasteiger partial charge in [0.15, 0.2) is 5.16 Å². The monoisotopic (exact) mass is 572 g/mol. The van der Waals surface area contributed by atoms with Crippen LogP contribution in [-0.4, -0.2) is 92.3 Å². The zero-order valence-corrected chi connectivity index (χ0v) is 23.7. The average Bonchev–Trinajstić information content (AvgIpc) is 3.27. The molecule has 0 bridgehead atoms. The Balaban J connectivity index is 1.16. The Morgan fingerprint density at radius 3 is 2.67 bits per heavy atom. The number of imidazole rings is 1. The van der Waals surface area contributed by atoms with E-state index in [9.17, 15) is 14.4 Å². The number of hydrogen-bond donors (Lipinski definition) is 2. The Morgan fingerprint density at radius 2 is 1.92 bits per heavy atom. The summed E-state index contributed by atoms with van der Waals surface area (Å²) in [4.78, 5) is 55.5. The van der Waals surface area contributed by atoms with Gasteiger partial charge in [0.25, 0.3) is 0 Å². The van der Waals surface area contributed by atoms with Crippen molar-refractivity contribution < 1.29 is 9.59 Å². The van der Waals surface area contributed by atoms with Gasteiger partial charge in [-0.2, -0.15) is 0 Å². The molecule has 2 aliphatic heterocycles. The number of aromatic amines is 1. The first-order chi connectivity index (χ1) is 18.8. The number of likely N-dealkylation sites (tertiary alicyclic amines) is 1. The van der Waals surface area contributed by atoms with Gasteiger partial charge < -0.3 is 25.0 Å². The molecule has 2 aromatic heterocycles. The molecule has 13 heteroatoms. The van der Waals surface area contributed by atoms with Crippen molar-refractivity contribution in [3.05, 3.63) is 46.0 Å². The molecule has 2 saturated heterocycles. The Morgan fingerprint density at radius 1 is 1.15 bits per heavy atom. The third-order valence-corrected chi connectivity index (χ3v) is 8.36. The highest BCUT2D eigenvalue weighted by atomic mass is 35.5. The number of para-hydroxylation sites is 2. The minimum atomic E-state index is -0.106. The van der Waals surface area contributed by atoms with Crippen LogP contribution >= 0.6 is 23.4 Å². The van der Waals surface area contributed by atoms with Gasteiger partial charge in [-0.15, -0.1) is 0 Å². The fourth-order valence-electron chi connectivity index (χ4n) is 5.36. The molecule has 11 nitrogen and oxygen atoms in total. The van der Waals surface area contributed by atoms with E-state index in [0.29, 0.717) is 55.4 Å². The van der Waals surface area contributed by atoms with E-state index in [0.717, 1.165) is 23.9 Å². The molecule has 5 rings (SSSR count). The first kappa shape index (κ1) is 27.3. The van der Waals surface area contributed by atoms with Crippen molar-refractivity contribution in [2.24, 2.45) is 0 Å². The second-order valence-electron chi connectivity index (χ2n) is 9.87. The summed E-state index contributed by atoms with van der Waals surface area (Å²) in [5.41, 5.74) is 1.62. The van der Waals surface area contributed by atoms with Crippen molar-refractivity contribution in [1.82, 2.24) is 34.6 Å². The predicted octanol–water partition coefficient (Wildman–Crippen LogP) is 2.97. The number of halogens is 1. The van der Waals surface area contributed by atoms with Gasteiger partial charge in [-0.1, -0.05) is 35.5 Å². The number of fused-ring (bicyclic) bond motifs is 1. The van der Waals surface area contributed by atoms with E-state index in [1.807, 2.05) is 52.5 Å². The van der Waals surface area contributed by atoms with Crippen LogP contribution in [0.3, 0.4) is 0 Å². The smallest absolute Gasteiger partial charge is 0.326 e. The van der Waals surface area contributed by atoms with Gasteiger partial charge in [0.05, 0.1) is 16.8 Å². The number of urea groups is 1. The number of amides is 3. The lowest BCUT2D eigenvalue weighted by atomic mass is 10.0. The molecule has 4 heterocycles. The molecule has 2 fully saturated rings. The highest BCUT2D eigenvalue weighted by molar-refractivity contribution is 7.99. The van der Waals surface area contributed by atoms with Gasteiger partial charge in [0.2, 0.25) is 5.91 Å². The highest BCUT2D eigenvalue weighted by Crippen LogP contribution is 2.27. The first-order valence-electron chi connectivity index (χ1n) is 13.3. The Hall–Kier alpha value is -3.25. The lowest BCUT2D eigenvalue weighted by Gasteiger charge is -2.40. The number of nitrogens with zero attached hydrogens (tertiary/aromatic N) is 6. The third kappa shape index (κ3) is 6.01. The number of H-pyrrole nitrogens is 1. The van der Waals surface area contributed by atoms with E-state index in [-0.39, 0.29) is 35.5 Å². The van der Waals surface area contributed by atoms with E-state index in [2.05, 4.69) is 25.2 Å². The van der Waals surface area contributed by atoms with Crippen LogP contribution in [0.15, 0.2) is 40.3 Å². The second kappa shape index (κ2) is 11.9. The molecule has 208 valence electrons. The van der Waals surface area contributed by atoms with E-state index < -0.39 is 0 Å². The van der Waals surface area contributed by atoms with Crippen molar-refractivity contribution in [2.75, 3.05) is 49.9 Å². The van der Waals surface area contributed by atoms with Crippen LogP contribution in [0.4, 0.5) is 10.6 Å². The third-order valence-electron chi connectivity index (χ3n) is 7.33. The summed E-state index contributed by atoms with van der Waals surface area (Å²) >= 11 is 7.59. The van der Waals surface area contributed by atoms with E-state index >= 15 is 0 Å². The Kier molecular flexibility index (Phi) is 8.31. The molecule has 1 unspecified atom stereocenters. The van der Waals surface area contributed by atoms with Gasteiger partial charge >= 0.3 is 11.7 Å². The van der Waals surface area contributed by atoms with Crippen LogP contribution in [0.5, 0.6) is 0 Å². The SMILES string of the molecule is CCNC(=O)N1CCN(c2cc(Cl)nc(SCC(=O)N3CCC(n4c(=O)[nH]c5ccccc54)CC3)n2)CC1C. The molecule has 0 radical (unpaired) electrons. The predicted molar refractivity (Wildman–Crippen MR) is 153 cm³/mol.